The average molecular weight is 475 g/mol. The summed E-state index contributed by atoms with van der Waals surface area (Å²) in [5, 5.41) is 11.2. The van der Waals surface area contributed by atoms with Gasteiger partial charge in [-0.15, -0.1) is 10.2 Å². The molecule has 2 aromatic carbocycles. The molecule has 1 N–H and O–H groups in total. The minimum atomic E-state index is -3.74. The summed E-state index contributed by atoms with van der Waals surface area (Å²) >= 11 is 1.05. The van der Waals surface area contributed by atoms with Gasteiger partial charge in [0.2, 0.25) is 15.0 Å². The van der Waals surface area contributed by atoms with E-state index in [-0.39, 0.29) is 5.01 Å². The van der Waals surface area contributed by atoms with Crippen molar-refractivity contribution >= 4 is 33.0 Å². The highest BCUT2D eigenvalue weighted by molar-refractivity contribution is 7.89. The summed E-state index contributed by atoms with van der Waals surface area (Å²) in [5.41, 5.74) is 2.96. The standard InChI is InChI=1S/C22H23FN4O3S2/c1-13-10-15(3)19(11-14(13)2)32(29,30)27-9-5-8-18(27)21-25-26-22(31-21)20(28)24-17-7-4-6-16(23)12-17/h4,6-7,10-12,18H,5,8-9H2,1-3H3,(H,24,28). The van der Waals surface area contributed by atoms with Crippen molar-refractivity contribution in [2.24, 2.45) is 0 Å². The van der Waals surface area contributed by atoms with Gasteiger partial charge in [-0.2, -0.15) is 4.31 Å². The van der Waals surface area contributed by atoms with Crippen LogP contribution in [-0.4, -0.2) is 35.4 Å². The molecule has 168 valence electrons. The van der Waals surface area contributed by atoms with Gasteiger partial charge in [-0.05, 0) is 74.6 Å². The van der Waals surface area contributed by atoms with Crippen molar-refractivity contribution in [2.45, 2.75) is 44.6 Å². The van der Waals surface area contributed by atoms with Crippen molar-refractivity contribution in [1.82, 2.24) is 14.5 Å². The van der Waals surface area contributed by atoms with Crippen LogP contribution < -0.4 is 5.32 Å². The van der Waals surface area contributed by atoms with Crippen LogP contribution in [0, 0.1) is 26.6 Å². The predicted octanol–water partition coefficient (Wildman–Crippen LogP) is 4.38. The third kappa shape index (κ3) is 4.30. The molecule has 10 heteroatoms. The average Bonchev–Trinajstić information content (AvgIpc) is 3.40. The molecule has 1 aliphatic rings. The number of anilines is 1. The van der Waals surface area contributed by atoms with Crippen molar-refractivity contribution in [1.29, 1.82) is 0 Å². The molecule has 1 aliphatic heterocycles. The van der Waals surface area contributed by atoms with E-state index in [9.17, 15) is 17.6 Å². The number of nitrogens with zero attached hydrogens (tertiary/aromatic N) is 3. The number of hydrogen-bond donors (Lipinski definition) is 1. The van der Waals surface area contributed by atoms with Crippen molar-refractivity contribution in [2.75, 3.05) is 11.9 Å². The fourth-order valence-electron chi connectivity index (χ4n) is 3.82. The molecular weight excluding hydrogens is 451 g/mol. The van der Waals surface area contributed by atoms with E-state index >= 15 is 0 Å². The van der Waals surface area contributed by atoms with Gasteiger partial charge >= 0.3 is 0 Å². The van der Waals surface area contributed by atoms with Gasteiger partial charge in [-0.3, -0.25) is 4.79 Å². The summed E-state index contributed by atoms with van der Waals surface area (Å²) in [6.45, 7) is 6.02. The van der Waals surface area contributed by atoms with E-state index in [0.717, 1.165) is 22.5 Å². The van der Waals surface area contributed by atoms with Crippen molar-refractivity contribution in [3.8, 4) is 0 Å². The lowest BCUT2D eigenvalue weighted by molar-refractivity contribution is 0.102. The lowest BCUT2D eigenvalue weighted by atomic mass is 10.1. The predicted molar refractivity (Wildman–Crippen MR) is 121 cm³/mol. The van der Waals surface area contributed by atoms with Crippen LogP contribution in [0.2, 0.25) is 0 Å². The molecule has 2 heterocycles. The molecule has 0 saturated carbocycles. The van der Waals surface area contributed by atoms with Gasteiger partial charge in [0.1, 0.15) is 10.8 Å². The molecule has 1 fully saturated rings. The Bertz CT molecular complexity index is 1290. The smallest absolute Gasteiger partial charge is 0.286 e. The minimum Gasteiger partial charge on any atom is -0.320 e. The van der Waals surface area contributed by atoms with Gasteiger partial charge in [0.15, 0.2) is 0 Å². The maximum atomic E-state index is 13.5. The zero-order valence-electron chi connectivity index (χ0n) is 17.9. The molecular formula is C22H23FN4O3S2. The number of aryl methyl sites for hydroxylation is 3. The number of carbonyl (C=O) groups excluding carboxylic acids is 1. The SMILES string of the molecule is Cc1cc(C)c(S(=O)(=O)N2CCCC2c2nnc(C(=O)Nc3cccc(F)c3)s2)cc1C. The molecule has 0 bridgehead atoms. The maximum Gasteiger partial charge on any atom is 0.286 e. The largest absolute Gasteiger partial charge is 0.320 e. The highest BCUT2D eigenvalue weighted by Gasteiger charge is 2.39. The first-order valence-corrected chi connectivity index (χ1v) is 12.4. The number of hydrogen-bond acceptors (Lipinski definition) is 6. The molecule has 1 amide bonds. The summed E-state index contributed by atoms with van der Waals surface area (Å²) in [7, 11) is -3.74. The van der Waals surface area contributed by atoms with Crippen LogP contribution in [0.25, 0.3) is 0 Å². The van der Waals surface area contributed by atoms with E-state index in [2.05, 4.69) is 15.5 Å². The fourth-order valence-corrected chi connectivity index (χ4v) is 6.73. The molecule has 1 saturated heterocycles. The van der Waals surface area contributed by atoms with E-state index in [1.54, 1.807) is 19.1 Å². The number of benzene rings is 2. The second-order valence-electron chi connectivity index (χ2n) is 7.89. The molecule has 1 aromatic heterocycles. The molecule has 0 radical (unpaired) electrons. The van der Waals surface area contributed by atoms with Crippen LogP contribution in [0.4, 0.5) is 10.1 Å². The third-order valence-electron chi connectivity index (χ3n) is 5.58. The summed E-state index contributed by atoms with van der Waals surface area (Å²) < 4.78 is 41.8. The normalized spacial score (nSPS) is 16.9. The Balaban J connectivity index is 1.59. The van der Waals surface area contributed by atoms with Gasteiger partial charge < -0.3 is 5.32 Å². The lowest BCUT2D eigenvalue weighted by Gasteiger charge is -2.23. The van der Waals surface area contributed by atoms with Gasteiger partial charge in [0.05, 0.1) is 10.9 Å². The van der Waals surface area contributed by atoms with Gasteiger partial charge in [0, 0.05) is 12.2 Å². The van der Waals surface area contributed by atoms with Crippen molar-refractivity contribution in [3.05, 3.63) is 68.9 Å². The van der Waals surface area contributed by atoms with Crippen molar-refractivity contribution in [3.63, 3.8) is 0 Å². The summed E-state index contributed by atoms with van der Waals surface area (Å²) in [4.78, 5) is 12.8. The summed E-state index contributed by atoms with van der Waals surface area (Å²) in [5.74, 6) is -0.981. The fraction of sp³-hybridized carbons (Fsp3) is 0.318. The summed E-state index contributed by atoms with van der Waals surface area (Å²) in [6.07, 6.45) is 1.29. The Morgan fingerprint density at radius 2 is 1.88 bits per heavy atom. The molecule has 4 rings (SSSR count). The first-order chi connectivity index (χ1) is 15.2. The highest BCUT2D eigenvalue weighted by atomic mass is 32.2. The molecule has 3 aromatic rings. The zero-order valence-corrected chi connectivity index (χ0v) is 19.6. The molecule has 7 nitrogen and oxygen atoms in total. The Morgan fingerprint density at radius 1 is 1.12 bits per heavy atom. The molecule has 0 spiro atoms. The Kier molecular flexibility index (Phi) is 6.11. The van der Waals surface area contributed by atoms with Gasteiger partial charge in [-0.1, -0.05) is 23.5 Å². The van der Waals surface area contributed by atoms with E-state index in [4.69, 9.17) is 0 Å². The first kappa shape index (κ1) is 22.5. The Labute approximate surface area is 190 Å². The Morgan fingerprint density at radius 3 is 2.62 bits per heavy atom. The summed E-state index contributed by atoms with van der Waals surface area (Å²) in [6, 6.07) is 8.67. The number of sulfonamides is 1. The van der Waals surface area contributed by atoms with Crippen LogP contribution in [0.15, 0.2) is 41.3 Å². The van der Waals surface area contributed by atoms with E-state index in [0.29, 0.717) is 40.5 Å². The molecule has 1 atom stereocenters. The number of rotatable bonds is 5. The minimum absolute atomic E-state index is 0.0934. The van der Waals surface area contributed by atoms with E-state index in [1.807, 2.05) is 19.9 Å². The number of halogens is 1. The quantitative estimate of drug-likeness (QED) is 0.592. The molecule has 1 unspecified atom stereocenters. The van der Waals surface area contributed by atoms with Crippen LogP contribution in [-0.2, 0) is 10.0 Å². The first-order valence-electron chi connectivity index (χ1n) is 10.2. The van der Waals surface area contributed by atoms with Gasteiger partial charge in [0.25, 0.3) is 5.91 Å². The monoisotopic (exact) mass is 474 g/mol. The number of carbonyl (C=O) groups is 1. The number of amides is 1. The van der Waals surface area contributed by atoms with Crippen LogP contribution in [0.1, 0.15) is 50.4 Å². The number of nitrogens with one attached hydrogen (secondary N) is 1. The lowest BCUT2D eigenvalue weighted by Crippen LogP contribution is -2.31. The highest BCUT2D eigenvalue weighted by Crippen LogP contribution is 2.38. The van der Waals surface area contributed by atoms with Crippen LogP contribution in [0.3, 0.4) is 0 Å². The topological polar surface area (TPSA) is 92.3 Å². The van der Waals surface area contributed by atoms with Crippen LogP contribution >= 0.6 is 11.3 Å². The van der Waals surface area contributed by atoms with Crippen molar-refractivity contribution < 1.29 is 17.6 Å². The van der Waals surface area contributed by atoms with Crippen LogP contribution in [0.5, 0.6) is 0 Å². The second kappa shape index (κ2) is 8.68. The molecule has 0 aliphatic carbocycles. The van der Waals surface area contributed by atoms with E-state index < -0.39 is 27.8 Å². The zero-order chi connectivity index (χ0) is 23.0. The third-order valence-corrected chi connectivity index (χ3v) is 8.66. The maximum absolute atomic E-state index is 13.5. The molecule has 32 heavy (non-hydrogen) atoms. The second-order valence-corrected chi connectivity index (χ2v) is 10.8. The van der Waals surface area contributed by atoms with Gasteiger partial charge in [-0.25, -0.2) is 12.8 Å². The van der Waals surface area contributed by atoms with E-state index in [1.165, 1.54) is 22.5 Å². The Hall–Kier alpha value is -2.69. The number of aromatic nitrogens is 2.